The average Bonchev–Trinajstić information content (AvgIpc) is 2.94. The summed E-state index contributed by atoms with van der Waals surface area (Å²) in [5, 5.41) is 6.26. The Balaban J connectivity index is 1.40. The van der Waals surface area contributed by atoms with E-state index < -0.39 is 17.5 Å². The van der Waals surface area contributed by atoms with Gasteiger partial charge in [0.2, 0.25) is 5.91 Å². The van der Waals surface area contributed by atoms with Crippen LogP contribution in [0.15, 0.2) is 49.3 Å². The number of aromatic nitrogens is 2. The summed E-state index contributed by atoms with van der Waals surface area (Å²) in [5.41, 5.74) is 1.23. The number of rotatable bonds is 12. The van der Waals surface area contributed by atoms with Crippen LogP contribution < -0.4 is 15.4 Å². The van der Waals surface area contributed by atoms with Crippen molar-refractivity contribution in [2.24, 2.45) is 0 Å². The maximum atomic E-state index is 13.7. The molecule has 2 aromatic carbocycles. The number of fused-ring (bicyclic) bond motifs is 1. The molecule has 1 aromatic heterocycles. The van der Waals surface area contributed by atoms with E-state index in [9.17, 15) is 18.4 Å². The summed E-state index contributed by atoms with van der Waals surface area (Å²) in [6, 6.07) is 6.80. The zero-order valence-electron chi connectivity index (χ0n) is 22.3. The van der Waals surface area contributed by atoms with Gasteiger partial charge in [0.05, 0.1) is 31.0 Å². The van der Waals surface area contributed by atoms with Gasteiger partial charge in [-0.2, -0.15) is 0 Å². The van der Waals surface area contributed by atoms with E-state index in [1.807, 2.05) is 0 Å². The number of nitrogens with zero attached hydrogens (tertiary/aromatic N) is 4. The Morgan fingerprint density at radius 2 is 1.85 bits per heavy atom. The third-order valence-corrected chi connectivity index (χ3v) is 6.36. The van der Waals surface area contributed by atoms with Crippen LogP contribution in [0.2, 0.25) is 0 Å². The molecular weight excluding hydrogens is 522 g/mol. The highest BCUT2D eigenvalue weighted by Crippen LogP contribution is 2.33. The highest BCUT2D eigenvalue weighted by atomic mass is 19.2. The Morgan fingerprint density at radius 1 is 1.07 bits per heavy atom. The molecule has 1 amide bonds. The number of carbonyl (C=O) groups excluding carboxylic acids is 2. The van der Waals surface area contributed by atoms with Gasteiger partial charge in [0.25, 0.3) is 0 Å². The van der Waals surface area contributed by atoms with Crippen molar-refractivity contribution in [1.82, 2.24) is 19.8 Å². The van der Waals surface area contributed by atoms with Gasteiger partial charge in [0.15, 0.2) is 11.6 Å². The second kappa shape index (κ2) is 13.8. The van der Waals surface area contributed by atoms with Crippen molar-refractivity contribution in [2.75, 3.05) is 63.1 Å². The average molecular weight is 555 g/mol. The minimum absolute atomic E-state index is 0.198. The fraction of sp³-hybridized carbons (Fsp3) is 0.357. The summed E-state index contributed by atoms with van der Waals surface area (Å²) in [6.45, 7) is 10.5. The number of benzene rings is 2. The predicted molar refractivity (Wildman–Crippen MR) is 148 cm³/mol. The first-order valence-corrected chi connectivity index (χ1v) is 13.0. The Morgan fingerprint density at radius 3 is 2.58 bits per heavy atom. The first-order valence-electron chi connectivity index (χ1n) is 13.0. The summed E-state index contributed by atoms with van der Waals surface area (Å²) in [6.07, 6.45) is 3.24. The van der Waals surface area contributed by atoms with Crippen molar-refractivity contribution in [1.29, 1.82) is 0 Å². The third kappa shape index (κ3) is 7.70. The van der Waals surface area contributed by atoms with E-state index in [0.29, 0.717) is 53.6 Å². The molecule has 0 aliphatic carbocycles. The summed E-state index contributed by atoms with van der Waals surface area (Å²) in [5.74, 6) is -1.78. The Bertz CT molecular complexity index is 1360. The minimum Gasteiger partial charge on any atom is -0.491 e. The van der Waals surface area contributed by atoms with Gasteiger partial charge in [-0.1, -0.05) is 6.58 Å². The lowest BCUT2D eigenvalue weighted by molar-refractivity contribution is -0.144. The number of halogens is 2. The fourth-order valence-corrected chi connectivity index (χ4v) is 4.33. The van der Waals surface area contributed by atoms with E-state index in [0.717, 1.165) is 57.4 Å². The molecule has 1 aliphatic rings. The molecule has 0 radical (unpaired) electrons. The van der Waals surface area contributed by atoms with Crippen LogP contribution in [0.1, 0.15) is 13.3 Å². The molecule has 0 spiro atoms. The molecule has 1 saturated heterocycles. The smallest absolute Gasteiger partial charge is 0.320 e. The summed E-state index contributed by atoms with van der Waals surface area (Å²) in [7, 11) is 0. The van der Waals surface area contributed by atoms with E-state index in [1.165, 1.54) is 12.4 Å². The normalized spacial score (nSPS) is 14.1. The molecule has 0 bridgehead atoms. The molecular formula is C28H32F2N6O4. The van der Waals surface area contributed by atoms with E-state index in [2.05, 4.69) is 37.0 Å². The topological polar surface area (TPSA) is 109 Å². The molecule has 2 N–H and O–H groups in total. The molecule has 0 atom stereocenters. The second-order valence-electron chi connectivity index (χ2n) is 9.16. The number of hydrogen-bond acceptors (Lipinski definition) is 9. The summed E-state index contributed by atoms with van der Waals surface area (Å²) < 4.78 is 38.1. The highest BCUT2D eigenvalue weighted by Gasteiger charge is 2.19. The fourth-order valence-electron chi connectivity index (χ4n) is 4.33. The molecule has 12 heteroatoms. The van der Waals surface area contributed by atoms with Crippen molar-refractivity contribution >= 4 is 40.0 Å². The van der Waals surface area contributed by atoms with Crippen molar-refractivity contribution in [2.45, 2.75) is 13.3 Å². The van der Waals surface area contributed by atoms with E-state index in [1.54, 1.807) is 19.1 Å². The second-order valence-corrected chi connectivity index (χ2v) is 9.16. The largest absolute Gasteiger partial charge is 0.491 e. The number of amides is 1. The number of hydrogen-bond donors (Lipinski definition) is 2. The maximum absolute atomic E-state index is 13.7. The van der Waals surface area contributed by atoms with E-state index in [4.69, 9.17) is 9.47 Å². The van der Waals surface area contributed by atoms with Crippen molar-refractivity contribution in [3.05, 3.63) is 60.9 Å². The Hall–Kier alpha value is -4.16. The first kappa shape index (κ1) is 28.8. The van der Waals surface area contributed by atoms with Gasteiger partial charge < -0.3 is 25.0 Å². The Labute approximate surface area is 231 Å². The van der Waals surface area contributed by atoms with Crippen molar-refractivity contribution < 1.29 is 27.8 Å². The SMILES string of the molecule is C=CC(=O)Nc1cc2c(Nc3ccc(F)c(F)c3)ncnc2cc1OCCCN1CCN(CC(=O)OCC)CC1. The van der Waals surface area contributed by atoms with E-state index >= 15 is 0 Å². The molecule has 10 nitrogen and oxygen atoms in total. The number of ether oxygens (including phenoxy) is 2. The highest BCUT2D eigenvalue weighted by molar-refractivity contribution is 6.03. The van der Waals surface area contributed by atoms with Crippen LogP contribution in [0.3, 0.4) is 0 Å². The van der Waals surface area contributed by atoms with Gasteiger partial charge >= 0.3 is 5.97 Å². The molecule has 40 heavy (non-hydrogen) atoms. The number of piperazine rings is 1. The van der Waals surface area contributed by atoms with Crippen LogP contribution in [-0.2, 0) is 14.3 Å². The zero-order valence-corrected chi connectivity index (χ0v) is 22.3. The van der Waals surface area contributed by atoms with Crippen LogP contribution in [0.25, 0.3) is 10.9 Å². The van der Waals surface area contributed by atoms with Crippen LogP contribution >= 0.6 is 0 Å². The molecule has 0 unspecified atom stereocenters. The van der Waals surface area contributed by atoms with Gasteiger partial charge in [-0.15, -0.1) is 0 Å². The number of anilines is 3. The molecule has 4 rings (SSSR count). The zero-order chi connectivity index (χ0) is 28.5. The lowest BCUT2D eigenvalue weighted by atomic mass is 10.1. The van der Waals surface area contributed by atoms with Crippen LogP contribution in [0.5, 0.6) is 5.75 Å². The summed E-state index contributed by atoms with van der Waals surface area (Å²) >= 11 is 0. The molecule has 2 heterocycles. The quantitative estimate of drug-likeness (QED) is 0.197. The maximum Gasteiger partial charge on any atom is 0.320 e. The molecule has 3 aromatic rings. The van der Waals surface area contributed by atoms with Gasteiger partial charge in [0.1, 0.15) is 17.9 Å². The molecule has 1 fully saturated rings. The number of nitrogens with one attached hydrogen (secondary N) is 2. The molecule has 0 saturated carbocycles. The van der Waals surface area contributed by atoms with Crippen LogP contribution in [0.4, 0.5) is 26.0 Å². The van der Waals surface area contributed by atoms with Gasteiger partial charge in [-0.25, -0.2) is 18.7 Å². The van der Waals surface area contributed by atoms with Gasteiger partial charge in [0, 0.05) is 55.9 Å². The minimum atomic E-state index is -0.989. The van der Waals surface area contributed by atoms with Gasteiger partial charge in [-0.05, 0) is 37.6 Å². The standard InChI is InChI=1S/C28H32F2N6O4/c1-3-26(37)34-24-15-20-23(31-18-32-28(20)33-19-6-7-21(29)22(30)14-19)16-25(24)40-13-5-8-35-9-11-36(12-10-35)17-27(38)39-4-2/h3,6-7,14-16,18H,1,4-5,8-13,17H2,2H3,(H,34,37)(H,31,32,33). The lowest BCUT2D eigenvalue weighted by Crippen LogP contribution is -2.48. The molecule has 1 aliphatic heterocycles. The van der Waals surface area contributed by atoms with E-state index in [-0.39, 0.29) is 5.97 Å². The monoisotopic (exact) mass is 554 g/mol. The van der Waals surface area contributed by atoms with Crippen LogP contribution in [0, 0.1) is 11.6 Å². The Kier molecular flexibility index (Phi) is 9.92. The van der Waals surface area contributed by atoms with Crippen molar-refractivity contribution in [3.8, 4) is 5.75 Å². The predicted octanol–water partition coefficient (Wildman–Crippen LogP) is 3.73. The number of carbonyl (C=O) groups is 2. The van der Waals surface area contributed by atoms with Crippen LogP contribution in [-0.4, -0.2) is 84.1 Å². The third-order valence-electron chi connectivity index (χ3n) is 6.36. The number of esters is 1. The van der Waals surface area contributed by atoms with Gasteiger partial charge in [-0.3, -0.25) is 14.5 Å². The van der Waals surface area contributed by atoms with Crippen molar-refractivity contribution in [3.63, 3.8) is 0 Å². The molecule has 212 valence electrons. The lowest BCUT2D eigenvalue weighted by Gasteiger charge is -2.34. The first-order chi connectivity index (χ1) is 19.4. The summed E-state index contributed by atoms with van der Waals surface area (Å²) in [4.78, 5) is 36.8.